The van der Waals surface area contributed by atoms with Crippen molar-refractivity contribution in [3.8, 4) is 0 Å². The maximum Gasteiger partial charge on any atom is 0.416 e. The van der Waals surface area contributed by atoms with Gasteiger partial charge in [-0.2, -0.15) is 26.3 Å². The smallest absolute Gasteiger partial charge is 0.416 e. The topological polar surface area (TPSA) is 28.4 Å². The molecular weight excluding hydrogens is 362 g/mol. The lowest BCUT2D eigenvalue weighted by molar-refractivity contribution is -0.143. The van der Waals surface area contributed by atoms with E-state index in [2.05, 4.69) is 5.32 Å². The average molecular weight is 378 g/mol. The van der Waals surface area contributed by atoms with E-state index in [1.807, 2.05) is 4.90 Å². The standard InChI is InChI=1S/C17H16F6N2O/c18-16(19,20)12-8-11(9-13(10-12)17(21,22)23)15(14-2-1-7-26-14)25-5-3-24-4-6-25/h1-2,7-10,15,24H,3-6H2/t15-/m1/s1. The number of alkyl halides is 6. The zero-order chi connectivity index (χ0) is 18.9. The molecular formula is C17H16F6N2O. The molecule has 3 rings (SSSR count). The summed E-state index contributed by atoms with van der Waals surface area (Å²) in [4.78, 5) is 1.81. The summed E-state index contributed by atoms with van der Waals surface area (Å²) in [5, 5.41) is 3.11. The zero-order valence-electron chi connectivity index (χ0n) is 13.5. The first kappa shape index (κ1) is 18.8. The van der Waals surface area contributed by atoms with E-state index in [9.17, 15) is 26.3 Å². The quantitative estimate of drug-likeness (QED) is 0.807. The third-order valence-corrected chi connectivity index (χ3v) is 4.26. The van der Waals surface area contributed by atoms with Gasteiger partial charge in [0.2, 0.25) is 0 Å². The summed E-state index contributed by atoms with van der Waals surface area (Å²) in [6.07, 6.45) is -8.41. The van der Waals surface area contributed by atoms with E-state index in [0.29, 0.717) is 31.9 Å². The van der Waals surface area contributed by atoms with Gasteiger partial charge in [-0.05, 0) is 35.9 Å². The van der Waals surface area contributed by atoms with Gasteiger partial charge in [0.1, 0.15) is 5.76 Å². The Bertz CT molecular complexity index is 700. The molecule has 2 aromatic rings. The van der Waals surface area contributed by atoms with E-state index < -0.39 is 29.5 Å². The molecule has 1 aliphatic rings. The van der Waals surface area contributed by atoms with Gasteiger partial charge in [0.25, 0.3) is 0 Å². The van der Waals surface area contributed by atoms with Crippen LogP contribution in [0.4, 0.5) is 26.3 Å². The highest BCUT2D eigenvalue weighted by molar-refractivity contribution is 5.38. The molecule has 0 radical (unpaired) electrons. The number of piperazine rings is 1. The van der Waals surface area contributed by atoms with Crippen LogP contribution in [-0.2, 0) is 12.4 Å². The van der Waals surface area contributed by atoms with Crippen molar-refractivity contribution in [1.29, 1.82) is 0 Å². The maximum absolute atomic E-state index is 13.2. The second kappa shape index (κ2) is 6.96. The number of hydrogen-bond donors (Lipinski definition) is 1. The normalized spacial score (nSPS) is 18.1. The molecule has 0 unspecified atom stereocenters. The SMILES string of the molecule is FC(F)(F)c1cc([C@H](c2ccco2)N2CCNCC2)cc(C(F)(F)F)c1. The van der Waals surface area contributed by atoms with Gasteiger partial charge < -0.3 is 9.73 Å². The van der Waals surface area contributed by atoms with Crippen LogP contribution in [0.1, 0.15) is 28.5 Å². The molecule has 9 heteroatoms. The fourth-order valence-corrected chi connectivity index (χ4v) is 3.08. The molecule has 1 fully saturated rings. The van der Waals surface area contributed by atoms with Crippen molar-refractivity contribution in [3.63, 3.8) is 0 Å². The Hall–Kier alpha value is -2.00. The number of halogens is 6. The fraction of sp³-hybridized carbons (Fsp3) is 0.412. The Morgan fingerprint density at radius 1 is 0.923 bits per heavy atom. The van der Waals surface area contributed by atoms with Crippen molar-refractivity contribution < 1.29 is 30.8 Å². The molecule has 2 heterocycles. The molecule has 1 aliphatic heterocycles. The molecule has 1 saturated heterocycles. The van der Waals surface area contributed by atoms with Gasteiger partial charge in [-0.15, -0.1) is 0 Å². The molecule has 1 aromatic heterocycles. The second-order valence-electron chi connectivity index (χ2n) is 6.04. The minimum absolute atomic E-state index is 0.0935. The van der Waals surface area contributed by atoms with Gasteiger partial charge in [0, 0.05) is 26.2 Å². The molecule has 26 heavy (non-hydrogen) atoms. The van der Waals surface area contributed by atoms with Crippen LogP contribution in [0.25, 0.3) is 0 Å². The fourth-order valence-electron chi connectivity index (χ4n) is 3.08. The van der Waals surface area contributed by atoms with Gasteiger partial charge in [-0.3, -0.25) is 4.90 Å². The van der Waals surface area contributed by atoms with E-state index in [1.165, 1.54) is 6.26 Å². The first-order valence-electron chi connectivity index (χ1n) is 7.94. The van der Waals surface area contributed by atoms with E-state index in [1.54, 1.807) is 12.1 Å². The molecule has 0 spiro atoms. The van der Waals surface area contributed by atoms with Crippen LogP contribution in [-0.4, -0.2) is 31.1 Å². The number of hydrogen-bond acceptors (Lipinski definition) is 3. The third kappa shape index (κ3) is 4.04. The highest BCUT2D eigenvalue weighted by Crippen LogP contribution is 2.39. The summed E-state index contributed by atoms with van der Waals surface area (Å²) in [5.41, 5.74) is -2.74. The van der Waals surface area contributed by atoms with Crippen molar-refractivity contribution >= 4 is 0 Å². The highest BCUT2D eigenvalue weighted by Gasteiger charge is 2.38. The molecule has 1 aromatic carbocycles. The number of nitrogens with zero attached hydrogens (tertiary/aromatic N) is 1. The summed E-state index contributed by atoms with van der Waals surface area (Å²) in [6.45, 7) is 2.12. The maximum atomic E-state index is 13.2. The van der Waals surface area contributed by atoms with Crippen LogP contribution in [0.2, 0.25) is 0 Å². The van der Waals surface area contributed by atoms with Gasteiger partial charge >= 0.3 is 12.4 Å². The Labute approximate surface area is 145 Å². The predicted octanol–water partition coefficient (Wildman–Crippen LogP) is 4.31. The van der Waals surface area contributed by atoms with E-state index >= 15 is 0 Å². The highest BCUT2D eigenvalue weighted by atomic mass is 19.4. The van der Waals surface area contributed by atoms with E-state index in [-0.39, 0.29) is 11.6 Å². The molecule has 0 aliphatic carbocycles. The number of rotatable bonds is 3. The minimum Gasteiger partial charge on any atom is -0.467 e. The Kier molecular flexibility index (Phi) is 5.03. The lowest BCUT2D eigenvalue weighted by atomic mass is 9.96. The minimum atomic E-state index is -4.88. The Morgan fingerprint density at radius 2 is 1.50 bits per heavy atom. The molecule has 0 bridgehead atoms. The van der Waals surface area contributed by atoms with Crippen molar-refractivity contribution in [1.82, 2.24) is 10.2 Å². The first-order valence-corrected chi connectivity index (χ1v) is 7.94. The van der Waals surface area contributed by atoms with Crippen LogP contribution in [0, 0.1) is 0 Å². The van der Waals surface area contributed by atoms with Crippen LogP contribution < -0.4 is 5.32 Å². The van der Waals surface area contributed by atoms with E-state index in [4.69, 9.17) is 4.42 Å². The van der Waals surface area contributed by atoms with Crippen molar-refractivity contribution in [2.45, 2.75) is 18.4 Å². The third-order valence-electron chi connectivity index (χ3n) is 4.26. The Morgan fingerprint density at radius 3 is 1.96 bits per heavy atom. The molecule has 3 nitrogen and oxygen atoms in total. The van der Waals surface area contributed by atoms with Crippen molar-refractivity contribution in [3.05, 3.63) is 59.0 Å². The molecule has 1 atom stereocenters. The van der Waals surface area contributed by atoms with Crippen LogP contribution in [0.15, 0.2) is 41.0 Å². The van der Waals surface area contributed by atoms with Gasteiger partial charge in [0.05, 0.1) is 23.4 Å². The monoisotopic (exact) mass is 378 g/mol. The average Bonchev–Trinajstić information content (AvgIpc) is 3.08. The van der Waals surface area contributed by atoms with Crippen LogP contribution in [0.5, 0.6) is 0 Å². The van der Waals surface area contributed by atoms with Crippen molar-refractivity contribution in [2.24, 2.45) is 0 Å². The Balaban J connectivity index is 2.13. The molecule has 0 saturated carbocycles. The molecule has 0 amide bonds. The zero-order valence-corrected chi connectivity index (χ0v) is 13.5. The second-order valence-corrected chi connectivity index (χ2v) is 6.04. The first-order chi connectivity index (χ1) is 12.2. The van der Waals surface area contributed by atoms with Gasteiger partial charge in [0.15, 0.2) is 0 Å². The summed E-state index contributed by atoms with van der Waals surface area (Å²) in [5.74, 6) is 0.305. The molecule has 142 valence electrons. The predicted molar refractivity (Wildman–Crippen MR) is 81.4 cm³/mol. The largest absolute Gasteiger partial charge is 0.467 e. The van der Waals surface area contributed by atoms with Crippen molar-refractivity contribution in [2.75, 3.05) is 26.2 Å². The number of benzene rings is 1. The summed E-state index contributed by atoms with van der Waals surface area (Å²) in [7, 11) is 0. The lowest BCUT2D eigenvalue weighted by Gasteiger charge is -2.34. The van der Waals surface area contributed by atoms with E-state index in [0.717, 1.165) is 12.1 Å². The number of furan rings is 1. The molecule has 1 N–H and O–H groups in total. The summed E-state index contributed by atoms with van der Waals surface area (Å²) < 4.78 is 84.3. The lowest BCUT2D eigenvalue weighted by Crippen LogP contribution is -2.45. The van der Waals surface area contributed by atoms with Crippen LogP contribution in [0.3, 0.4) is 0 Å². The summed E-state index contributed by atoms with van der Waals surface area (Å²) >= 11 is 0. The van der Waals surface area contributed by atoms with Gasteiger partial charge in [-0.1, -0.05) is 0 Å². The van der Waals surface area contributed by atoms with Crippen LogP contribution >= 0.6 is 0 Å². The number of nitrogens with one attached hydrogen (secondary N) is 1. The summed E-state index contributed by atoms with van der Waals surface area (Å²) in [6, 6.07) is 3.97. The van der Waals surface area contributed by atoms with Gasteiger partial charge in [-0.25, -0.2) is 0 Å².